The van der Waals surface area contributed by atoms with E-state index in [-0.39, 0.29) is 11.9 Å². The number of fused-ring (bicyclic) bond motifs is 2. The van der Waals surface area contributed by atoms with E-state index in [1.165, 1.54) is 5.69 Å². The molecule has 1 N–H and O–H groups in total. The van der Waals surface area contributed by atoms with Gasteiger partial charge in [-0.2, -0.15) is 15.4 Å². The average Bonchev–Trinajstić information content (AvgIpc) is 3.20. The number of hydrogen-bond acceptors (Lipinski definition) is 3. The van der Waals surface area contributed by atoms with Crippen LogP contribution in [0.4, 0.5) is 0 Å². The predicted molar refractivity (Wildman–Crippen MR) is 82.4 cm³/mol. The highest BCUT2D eigenvalue weighted by Crippen LogP contribution is 2.30. The van der Waals surface area contributed by atoms with Crippen molar-refractivity contribution in [3.63, 3.8) is 0 Å². The summed E-state index contributed by atoms with van der Waals surface area (Å²) in [6.07, 6.45) is 2.99. The van der Waals surface area contributed by atoms with Crippen molar-refractivity contribution in [2.45, 2.75) is 25.9 Å². The molecule has 0 saturated carbocycles. The van der Waals surface area contributed by atoms with Crippen LogP contribution in [0.1, 0.15) is 35.4 Å². The summed E-state index contributed by atoms with van der Waals surface area (Å²) >= 11 is 0. The van der Waals surface area contributed by atoms with Crippen LogP contribution in [0.15, 0.2) is 36.5 Å². The van der Waals surface area contributed by atoms with E-state index in [1.807, 2.05) is 29.2 Å². The van der Waals surface area contributed by atoms with Crippen LogP contribution in [0.3, 0.4) is 0 Å². The number of hydrogen-bond donors (Lipinski definition) is 1. The number of aromatic amines is 1. The molecule has 4 rings (SSSR count). The SMILES string of the molecule is CCC1c2cccn2CCN1C(=O)c1ccc2n[nH]nc2c1. The number of rotatable bonds is 2. The van der Waals surface area contributed by atoms with Crippen molar-refractivity contribution in [2.24, 2.45) is 0 Å². The molecule has 0 spiro atoms. The molecular formula is C16H17N5O. The van der Waals surface area contributed by atoms with Crippen LogP contribution < -0.4 is 0 Å². The average molecular weight is 295 g/mol. The van der Waals surface area contributed by atoms with Gasteiger partial charge in [0, 0.05) is 30.5 Å². The van der Waals surface area contributed by atoms with Crippen LogP contribution in [0.25, 0.3) is 11.0 Å². The topological polar surface area (TPSA) is 66.8 Å². The van der Waals surface area contributed by atoms with E-state index in [4.69, 9.17) is 0 Å². The van der Waals surface area contributed by atoms with E-state index < -0.39 is 0 Å². The summed E-state index contributed by atoms with van der Waals surface area (Å²) in [5, 5.41) is 10.7. The zero-order valence-electron chi connectivity index (χ0n) is 12.4. The fourth-order valence-corrected chi connectivity index (χ4v) is 3.28. The van der Waals surface area contributed by atoms with Gasteiger partial charge in [0.05, 0.1) is 6.04 Å². The highest BCUT2D eigenvalue weighted by Gasteiger charge is 2.30. The second-order valence-electron chi connectivity index (χ2n) is 5.58. The summed E-state index contributed by atoms with van der Waals surface area (Å²) < 4.78 is 2.23. The number of aromatic nitrogens is 4. The van der Waals surface area contributed by atoms with Crippen molar-refractivity contribution in [1.29, 1.82) is 0 Å². The van der Waals surface area contributed by atoms with Crippen molar-refractivity contribution >= 4 is 16.9 Å². The Labute approximate surface area is 127 Å². The first kappa shape index (κ1) is 13.1. The lowest BCUT2D eigenvalue weighted by molar-refractivity contribution is 0.0618. The van der Waals surface area contributed by atoms with E-state index in [9.17, 15) is 4.79 Å². The van der Waals surface area contributed by atoms with Crippen molar-refractivity contribution in [3.05, 3.63) is 47.8 Å². The molecule has 1 unspecified atom stereocenters. The van der Waals surface area contributed by atoms with Gasteiger partial charge >= 0.3 is 0 Å². The molecule has 1 aliphatic heterocycles. The normalized spacial score (nSPS) is 17.7. The largest absolute Gasteiger partial charge is 0.348 e. The van der Waals surface area contributed by atoms with Crippen LogP contribution in [0, 0.1) is 0 Å². The lowest BCUT2D eigenvalue weighted by Gasteiger charge is -2.36. The van der Waals surface area contributed by atoms with Crippen LogP contribution in [0.5, 0.6) is 0 Å². The smallest absolute Gasteiger partial charge is 0.254 e. The Morgan fingerprint density at radius 2 is 2.14 bits per heavy atom. The fraction of sp³-hybridized carbons (Fsp3) is 0.312. The van der Waals surface area contributed by atoms with Gasteiger partial charge < -0.3 is 9.47 Å². The monoisotopic (exact) mass is 295 g/mol. The molecule has 3 aromatic rings. The number of amides is 1. The highest BCUT2D eigenvalue weighted by molar-refractivity contribution is 5.97. The number of carbonyl (C=O) groups excluding carboxylic acids is 1. The van der Waals surface area contributed by atoms with Crippen LogP contribution in [0.2, 0.25) is 0 Å². The Hall–Kier alpha value is -2.63. The molecular weight excluding hydrogens is 278 g/mol. The van der Waals surface area contributed by atoms with Crippen LogP contribution in [-0.4, -0.2) is 37.3 Å². The van der Waals surface area contributed by atoms with Gasteiger partial charge in [0.1, 0.15) is 11.0 Å². The Balaban J connectivity index is 1.69. The molecule has 0 aliphatic carbocycles. The molecule has 0 bridgehead atoms. The van der Waals surface area contributed by atoms with Crippen LogP contribution >= 0.6 is 0 Å². The Morgan fingerprint density at radius 3 is 3.00 bits per heavy atom. The molecule has 112 valence electrons. The van der Waals surface area contributed by atoms with Crippen molar-refractivity contribution in [1.82, 2.24) is 24.9 Å². The van der Waals surface area contributed by atoms with E-state index in [2.05, 4.69) is 39.2 Å². The maximum atomic E-state index is 12.9. The summed E-state index contributed by atoms with van der Waals surface area (Å²) in [7, 11) is 0. The van der Waals surface area contributed by atoms with E-state index >= 15 is 0 Å². The van der Waals surface area contributed by atoms with Gasteiger partial charge in [-0.05, 0) is 36.8 Å². The first-order valence-corrected chi connectivity index (χ1v) is 7.54. The third-order valence-electron chi connectivity index (χ3n) is 4.37. The maximum absolute atomic E-state index is 12.9. The third-order valence-corrected chi connectivity index (χ3v) is 4.37. The lowest BCUT2D eigenvalue weighted by Crippen LogP contribution is -2.41. The minimum atomic E-state index is 0.0594. The van der Waals surface area contributed by atoms with Crippen molar-refractivity contribution < 1.29 is 4.79 Å². The maximum Gasteiger partial charge on any atom is 0.254 e. The van der Waals surface area contributed by atoms with E-state index in [0.717, 1.165) is 30.5 Å². The Morgan fingerprint density at radius 1 is 1.27 bits per heavy atom. The number of H-pyrrole nitrogens is 1. The zero-order valence-corrected chi connectivity index (χ0v) is 12.4. The van der Waals surface area contributed by atoms with Crippen molar-refractivity contribution in [2.75, 3.05) is 6.54 Å². The number of nitrogens with zero attached hydrogens (tertiary/aromatic N) is 4. The molecule has 0 saturated heterocycles. The third kappa shape index (κ3) is 1.91. The molecule has 0 radical (unpaired) electrons. The second kappa shape index (κ2) is 4.98. The summed E-state index contributed by atoms with van der Waals surface area (Å²) in [4.78, 5) is 14.9. The quantitative estimate of drug-likeness (QED) is 0.789. The molecule has 22 heavy (non-hydrogen) atoms. The van der Waals surface area contributed by atoms with Gasteiger partial charge in [-0.1, -0.05) is 6.92 Å². The number of carbonyl (C=O) groups is 1. The highest BCUT2D eigenvalue weighted by atomic mass is 16.2. The zero-order chi connectivity index (χ0) is 15.1. The first-order chi connectivity index (χ1) is 10.8. The molecule has 1 aromatic carbocycles. The predicted octanol–water partition coefficient (Wildman–Crippen LogP) is 2.37. The number of nitrogens with one attached hydrogen (secondary N) is 1. The minimum Gasteiger partial charge on any atom is -0.348 e. The van der Waals surface area contributed by atoms with Crippen molar-refractivity contribution in [3.8, 4) is 0 Å². The lowest BCUT2D eigenvalue weighted by atomic mass is 10.0. The number of benzene rings is 1. The minimum absolute atomic E-state index is 0.0594. The van der Waals surface area contributed by atoms with E-state index in [1.54, 1.807) is 0 Å². The summed E-state index contributed by atoms with van der Waals surface area (Å²) in [5.74, 6) is 0.0594. The van der Waals surface area contributed by atoms with Gasteiger partial charge in [-0.25, -0.2) is 0 Å². The Kier molecular flexibility index (Phi) is 2.96. The molecule has 1 aliphatic rings. The summed E-state index contributed by atoms with van der Waals surface area (Å²) in [5.41, 5.74) is 3.37. The fourth-order valence-electron chi connectivity index (χ4n) is 3.28. The van der Waals surface area contributed by atoms with Gasteiger partial charge in [0.2, 0.25) is 0 Å². The second-order valence-corrected chi connectivity index (χ2v) is 5.58. The van der Waals surface area contributed by atoms with Crippen LogP contribution in [-0.2, 0) is 6.54 Å². The summed E-state index contributed by atoms with van der Waals surface area (Å²) in [6.45, 7) is 3.70. The molecule has 0 fully saturated rings. The molecule has 6 nitrogen and oxygen atoms in total. The first-order valence-electron chi connectivity index (χ1n) is 7.54. The van der Waals surface area contributed by atoms with Gasteiger partial charge in [-0.3, -0.25) is 4.79 Å². The molecule has 6 heteroatoms. The van der Waals surface area contributed by atoms with Gasteiger partial charge in [0.25, 0.3) is 5.91 Å². The summed E-state index contributed by atoms with van der Waals surface area (Å²) in [6, 6.07) is 9.75. The van der Waals surface area contributed by atoms with E-state index in [0.29, 0.717) is 5.56 Å². The van der Waals surface area contributed by atoms with Gasteiger partial charge in [0.15, 0.2) is 0 Å². The molecule has 3 heterocycles. The Bertz CT molecular complexity index is 834. The standard InChI is InChI=1S/C16H17N5O/c1-2-14-15-4-3-7-20(15)8-9-21(14)16(22)11-5-6-12-13(10-11)18-19-17-12/h3-7,10,14H,2,8-9H2,1H3,(H,17,18,19). The molecule has 1 amide bonds. The van der Waals surface area contributed by atoms with Gasteiger partial charge in [-0.15, -0.1) is 0 Å². The molecule has 1 atom stereocenters. The molecule has 2 aromatic heterocycles.